The zero-order valence-electron chi connectivity index (χ0n) is 14.8. The summed E-state index contributed by atoms with van der Waals surface area (Å²) in [5.41, 5.74) is 1.10. The first kappa shape index (κ1) is 19.7. The molecule has 3 aromatic rings. The molecule has 1 aromatic heterocycles. The molecule has 1 heterocycles. The molecular weight excluding hydrogens is 402 g/mol. The molecule has 0 atom stereocenters. The van der Waals surface area contributed by atoms with E-state index in [9.17, 15) is 13.2 Å². The lowest BCUT2D eigenvalue weighted by atomic mass is 10.3. The number of carbonyl (C=O) groups is 1. The third-order valence-electron chi connectivity index (χ3n) is 3.71. The molecule has 144 valence electrons. The maximum absolute atomic E-state index is 12.6. The highest BCUT2D eigenvalue weighted by atomic mass is 35.5. The van der Waals surface area contributed by atoms with Crippen LogP contribution in [0.15, 0.2) is 59.5 Å². The SMILES string of the molecule is Cc1nnc(NC(=O)Nc2ccc(Cl)cc2)nc1CS(=O)(=O)c1ccccc1. The predicted octanol–water partition coefficient (Wildman–Crippen LogP) is 3.45. The molecule has 0 unspecified atom stereocenters. The van der Waals surface area contributed by atoms with E-state index in [0.717, 1.165) is 0 Å². The van der Waals surface area contributed by atoms with E-state index in [1.165, 1.54) is 12.1 Å². The normalized spacial score (nSPS) is 11.1. The van der Waals surface area contributed by atoms with Crippen molar-refractivity contribution in [3.8, 4) is 0 Å². The fourth-order valence-electron chi connectivity index (χ4n) is 2.29. The van der Waals surface area contributed by atoms with Crippen molar-refractivity contribution in [2.24, 2.45) is 0 Å². The molecule has 2 N–H and O–H groups in total. The highest BCUT2D eigenvalue weighted by molar-refractivity contribution is 7.90. The summed E-state index contributed by atoms with van der Waals surface area (Å²) in [6, 6.07) is 14.0. The van der Waals surface area contributed by atoms with Crippen LogP contribution in [0.3, 0.4) is 0 Å². The molecule has 0 radical (unpaired) electrons. The number of hydrogen-bond donors (Lipinski definition) is 2. The van der Waals surface area contributed by atoms with E-state index in [2.05, 4.69) is 25.8 Å². The number of anilines is 2. The second-order valence-electron chi connectivity index (χ2n) is 5.83. The number of benzene rings is 2. The smallest absolute Gasteiger partial charge is 0.308 e. The van der Waals surface area contributed by atoms with E-state index >= 15 is 0 Å². The van der Waals surface area contributed by atoms with E-state index in [1.54, 1.807) is 49.4 Å². The molecule has 0 aliphatic heterocycles. The van der Waals surface area contributed by atoms with Gasteiger partial charge in [-0.1, -0.05) is 29.8 Å². The number of amides is 2. The molecule has 0 aliphatic rings. The molecular formula is C18H16ClN5O3S. The van der Waals surface area contributed by atoms with Gasteiger partial charge in [0.15, 0.2) is 9.84 Å². The summed E-state index contributed by atoms with van der Waals surface area (Å²) >= 11 is 5.80. The average Bonchev–Trinajstić information content (AvgIpc) is 2.67. The van der Waals surface area contributed by atoms with Crippen molar-refractivity contribution in [2.45, 2.75) is 17.6 Å². The van der Waals surface area contributed by atoms with Gasteiger partial charge in [0.1, 0.15) is 0 Å². The summed E-state index contributed by atoms with van der Waals surface area (Å²) in [7, 11) is -3.60. The molecule has 0 bridgehead atoms. The van der Waals surface area contributed by atoms with Crippen LogP contribution in [0.4, 0.5) is 16.4 Å². The Morgan fingerprint density at radius 1 is 1.00 bits per heavy atom. The lowest BCUT2D eigenvalue weighted by molar-refractivity contribution is 0.262. The van der Waals surface area contributed by atoms with Gasteiger partial charge in [-0.15, -0.1) is 5.10 Å². The van der Waals surface area contributed by atoms with Crippen LogP contribution in [0.2, 0.25) is 5.02 Å². The third-order valence-corrected chi connectivity index (χ3v) is 5.61. The number of halogens is 1. The fraction of sp³-hybridized carbons (Fsp3) is 0.111. The van der Waals surface area contributed by atoms with E-state index in [4.69, 9.17) is 11.6 Å². The maximum Gasteiger partial charge on any atom is 0.326 e. The molecule has 0 saturated carbocycles. The molecule has 3 rings (SSSR count). The Morgan fingerprint density at radius 3 is 2.36 bits per heavy atom. The summed E-state index contributed by atoms with van der Waals surface area (Å²) in [5, 5.41) is 13.2. The van der Waals surface area contributed by atoms with Crippen LogP contribution in [0.5, 0.6) is 0 Å². The Bertz CT molecular complexity index is 1090. The van der Waals surface area contributed by atoms with Crippen LogP contribution in [0.25, 0.3) is 0 Å². The monoisotopic (exact) mass is 417 g/mol. The highest BCUT2D eigenvalue weighted by Gasteiger charge is 2.19. The van der Waals surface area contributed by atoms with Gasteiger partial charge in [0, 0.05) is 10.7 Å². The number of aryl methyl sites for hydroxylation is 1. The first-order chi connectivity index (χ1) is 13.3. The molecule has 0 aliphatic carbocycles. The van der Waals surface area contributed by atoms with Crippen LogP contribution in [-0.4, -0.2) is 29.6 Å². The largest absolute Gasteiger partial charge is 0.326 e. The standard InChI is InChI=1S/C18H16ClN5O3S/c1-12-16(11-28(26,27)15-5-3-2-4-6-15)21-17(24-23-12)22-18(25)20-14-9-7-13(19)8-10-14/h2-10H,11H2,1H3,(H2,20,21,22,24,25). The first-order valence-electron chi connectivity index (χ1n) is 8.15. The average molecular weight is 418 g/mol. The zero-order valence-corrected chi connectivity index (χ0v) is 16.3. The second-order valence-corrected chi connectivity index (χ2v) is 8.25. The molecule has 0 fully saturated rings. The predicted molar refractivity (Wildman–Crippen MR) is 106 cm³/mol. The second kappa shape index (κ2) is 8.32. The van der Waals surface area contributed by atoms with E-state index < -0.39 is 15.9 Å². The number of rotatable bonds is 5. The number of hydrogen-bond acceptors (Lipinski definition) is 6. The van der Waals surface area contributed by atoms with E-state index in [0.29, 0.717) is 16.4 Å². The maximum atomic E-state index is 12.6. The summed E-state index contributed by atoms with van der Waals surface area (Å²) < 4.78 is 25.1. The molecule has 8 nitrogen and oxygen atoms in total. The number of nitrogens with zero attached hydrogens (tertiary/aromatic N) is 3. The highest BCUT2D eigenvalue weighted by Crippen LogP contribution is 2.17. The molecule has 0 saturated heterocycles. The minimum Gasteiger partial charge on any atom is -0.308 e. The summed E-state index contributed by atoms with van der Waals surface area (Å²) in [6.07, 6.45) is 0. The van der Waals surface area contributed by atoms with Gasteiger partial charge < -0.3 is 5.32 Å². The van der Waals surface area contributed by atoms with Gasteiger partial charge in [0.25, 0.3) is 5.95 Å². The van der Waals surface area contributed by atoms with Crippen LogP contribution in [-0.2, 0) is 15.6 Å². The van der Waals surface area contributed by atoms with Crippen molar-refractivity contribution in [3.63, 3.8) is 0 Å². The van der Waals surface area contributed by atoms with Gasteiger partial charge in [-0.05, 0) is 43.3 Å². The molecule has 28 heavy (non-hydrogen) atoms. The van der Waals surface area contributed by atoms with Crippen LogP contribution < -0.4 is 10.6 Å². The quantitative estimate of drug-likeness (QED) is 0.657. The lowest BCUT2D eigenvalue weighted by Gasteiger charge is -2.09. The summed E-state index contributed by atoms with van der Waals surface area (Å²) in [6.45, 7) is 1.60. The Hall–Kier alpha value is -3.04. The Morgan fingerprint density at radius 2 is 1.68 bits per heavy atom. The van der Waals surface area contributed by atoms with Crippen molar-refractivity contribution >= 4 is 39.1 Å². The number of carbonyl (C=O) groups excluding carboxylic acids is 1. The topological polar surface area (TPSA) is 114 Å². The number of sulfone groups is 1. The summed E-state index contributed by atoms with van der Waals surface area (Å²) in [4.78, 5) is 16.4. The van der Waals surface area contributed by atoms with Crippen molar-refractivity contribution in [1.29, 1.82) is 0 Å². The zero-order chi connectivity index (χ0) is 20.1. The minimum absolute atomic E-state index is 0.102. The van der Waals surface area contributed by atoms with Gasteiger partial charge in [-0.3, -0.25) is 5.32 Å². The van der Waals surface area contributed by atoms with Gasteiger partial charge in [0.2, 0.25) is 0 Å². The molecule has 2 amide bonds. The van der Waals surface area contributed by atoms with Crippen LogP contribution in [0.1, 0.15) is 11.4 Å². The number of urea groups is 1. The van der Waals surface area contributed by atoms with Crippen molar-refractivity contribution < 1.29 is 13.2 Å². The lowest BCUT2D eigenvalue weighted by Crippen LogP contribution is -2.22. The molecule has 0 spiro atoms. The molecule has 10 heteroatoms. The Balaban J connectivity index is 1.74. The van der Waals surface area contributed by atoms with Crippen molar-refractivity contribution in [2.75, 3.05) is 10.6 Å². The Kier molecular flexibility index (Phi) is 5.86. The Labute approximate surface area is 166 Å². The number of aromatic nitrogens is 3. The third kappa shape index (κ3) is 5.02. The fourth-order valence-corrected chi connectivity index (χ4v) is 3.79. The van der Waals surface area contributed by atoms with E-state index in [-0.39, 0.29) is 22.3 Å². The minimum atomic E-state index is -3.60. The van der Waals surface area contributed by atoms with Gasteiger partial charge >= 0.3 is 6.03 Å². The van der Waals surface area contributed by atoms with Gasteiger partial charge in [-0.25, -0.2) is 18.2 Å². The van der Waals surface area contributed by atoms with E-state index in [1.807, 2.05) is 0 Å². The summed E-state index contributed by atoms with van der Waals surface area (Å²) in [5.74, 6) is -0.457. The molecule has 2 aromatic carbocycles. The van der Waals surface area contributed by atoms with Crippen molar-refractivity contribution in [1.82, 2.24) is 15.2 Å². The van der Waals surface area contributed by atoms with Crippen LogP contribution >= 0.6 is 11.6 Å². The number of nitrogens with one attached hydrogen (secondary N) is 2. The van der Waals surface area contributed by atoms with Gasteiger partial charge in [-0.2, -0.15) is 5.10 Å². The van der Waals surface area contributed by atoms with Crippen LogP contribution in [0, 0.1) is 6.92 Å². The van der Waals surface area contributed by atoms with Crippen molar-refractivity contribution in [3.05, 3.63) is 71.0 Å². The first-order valence-corrected chi connectivity index (χ1v) is 10.2. The van der Waals surface area contributed by atoms with Gasteiger partial charge in [0.05, 0.1) is 22.0 Å².